The fraction of sp³-hybridized carbons (Fsp3) is 0.385. The van der Waals surface area contributed by atoms with Gasteiger partial charge in [-0.25, -0.2) is 0 Å². The lowest BCUT2D eigenvalue weighted by Gasteiger charge is -2.25. The van der Waals surface area contributed by atoms with Gasteiger partial charge in [-0.05, 0) is 13.0 Å². The number of amides is 1. The zero-order chi connectivity index (χ0) is 15.6. The van der Waals surface area contributed by atoms with Crippen molar-refractivity contribution in [2.75, 3.05) is 18.5 Å². The van der Waals surface area contributed by atoms with Crippen LogP contribution in [0.1, 0.15) is 12.5 Å². The van der Waals surface area contributed by atoms with Crippen molar-refractivity contribution >= 4 is 17.3 Å². The molecule has 21 heavy (non-hydrogen) atoms. The second-order valence-corrected chi connectivity index (χ2v) is 5.09. The quantitative estimate of drug-likeness (QED) is 0.624. The van der Waals surface area contributed by atoms with Gasteiger partial charge in [-0.2, -0.15) is 5.26 Å². The molecule has 1 amide bonds. The standard InChI is InChI=1S/C13H14N4O4/c1-13(7-21-6-11(13)15)12(18)16-10-3-2-9(17(19)20)4-8(10)5-14/h2-4,11H,6-7,15H2,1H3,(H,16,18). The van der Waals surface area contributed by atoms with Crippen LogP contribution in [-0.2, 0) is 9.53 Å². The topological polar surface area (TPSA) is 131 Å². The Bertz CT molecular complexity index is 640. The van der Waals surface area contributed by atoms with Crippen molar-refractivity contribution in [2.45, 2.75) is 13.0 Å². The molecule has 1 aliphatic heterocycles. The average molecular weight is 290 g/mol. The first-order valence-electron chi connectivity index (χ1n) is 6.22. The summed E-state index contributed by atoms with van der Waals surface area (Å²) in [5.41, 5.74) is 4.99. The minimum atomic E-state index is -0.894. The van der Waals surface area contributed by atoms with E-state index in [1.807, 2.05) is 6.07 Å². The fourth-order valence-electron chi connectivity index (χ4n) is 2.04. The van der Waals surface area contributed by atoms with Crippen LogP contribution in [0.2, 0.25) is 0 Å². The molecule has 2 unspecified atom stereocenters. The summed E-state index contributed by atoms with van der Waals surface area (Å²) in [6.07, 6.45) is 0. The molecule has 1 heterocycles. The van der Waals surface area contributed by atoms with Crippen molar-refractivity contribution in [3.05, 3.63) is 33.9 Å². The van der Waals surface area contributed by atoms with E-state index in [2.05, 4.69) is 5.32 Å². The van der Waals surface area contributed by atoms with Crippen molar-refractivity contribution in [2.24, 2.45) is 11.1 Å². The lowest BCUT2D eigenvalue weighted by atomic mass is 9.84. The van der Waals surface area contributed by atoms with E-state index in [1.54, 1.807) is 6.92 Å². The number of nitrogens with zero attached hydrogens (tertiary/aromatic N) is 2. The van der Waals surface area contributed by atoms with Crippen molar-refractivity contribution in [1.29, 1.82) is 5.26 Å². The third-order valence-corrected chi connectivity index (χ3v) is 3.62. The molecular weight excluding hydrogens is 276 g/mol. The Morgan fingerprint density at radius 3 is 2.90 bits per heavy atom. The molecule has 3 N–H and O–H groups in total. The molecule has 8 nitrogen and oxygen atoms in total. The summed E-state index contributed by atoms with van der Waals surface area (Å²) in [7, 11) is 0. The second-order valence-electron chi connectivity index (χ2n) is 5.09. The van der Waals surface area contributed by atoms with Gasteiger partial charge in [0.05, 0.1) is 34.8 Å². The average Bonchev–Trinajstić information content (AvgIpc) is 2.80. The molecule has 0 spiro atoms. The smallest absolute Gasteiger partial charge is 0.270 e. The zero-order valence-corrected chi connectivity index (χ0v) is 11.3. The Morgan fingerprint density at radius 1 is 1.67 bits per heavy atom. The van der Waals surface area contributed by atoms with Crippen molar-refractivity contribution in [3.63, 3.8) is 0 Å². The molecule has 2 rings (SSSR count). The Hall–Kier alpha value is -2.50. The van der Waals surface area contributed by atoms with Crippen LogP contribution in [-0.4, -0.2) is 30.1 Å². The number of nitriles is 1. The number of nitrogens with one attached hydrogen (secondary N) is 1. The maximum Gasteiger partial charge on any atom is 0.270 e. The Morgan fingerprint density at radius 2 is 2.38 bits per heavy atom. The first kappa shape index (κ1) is 14.9. The van der Waals surface area contributed by atoms with Gasteiger partial charge in [0.1, 0.15) is 6.07 Å². The summed E-state index contributed by atoms with van der Waals surface area (Å²) in [5, 5.41) is 22.3. The van der Waals surface area contributed by atoms with Crippen LogP contribution >= 0.6 is 0 Å². The van der Waals surface area contributed by atoms with E-state index >= 15 is 0 Å². The molecule has 1 aliphatic rings. The molecule has 1 aromatic carbocycles. The van der Waals surface area contributed by atoms with Crippen LogP contribution < -0.4 is 11.1 Å². The normalized spacial score (nSPS) is 24.3. The summed E-state index contributed by atoms with van der Waals surface area (Å²) in [4.78, 5) is 22.4. The first-order chi connectivity index (χ1) is 9.88. The summed E-state index contributed by atoms with van der Waals surface area (Å²) in [5.74, 6) is -0.377. The molecule has 0 bridgehead atoms. The molecule has 0 saturated carbocycles. The highest BCUT2D eigenvalue weighted by atomic mass is 16.6. The first-order valence-corrected chi connectivity index (χ1v) is 6.22. The van der Waals surface area contributed by atoms with Crippen LogP contribution in [0.25, 0.3) is 0 Å². The highest BCUT2D eigenvalue weighted by Gasteiger charge is 2.44. The number of non-ortho nitro benzene ring substituents is 1. The lowest BCUT2D eigenvalue weighted by molar-refractivity contribution is -0.384. The summed E-state index contributed by atoms with van der Waals surface area (Å²) >= 11 is 0. The largest absolute Gasteiger partial charge is 0.379 e. The molecule has 2 atom stereocenters. The number of anilines is 1. The lowest BCUT2D eigenvalue weighted by Crippen LogP contribution is -2.47. The molecular formula is C13H14N4O4. The molecule has 0 radical (unpaired) electrons. The Balaban J connectivity index is 2.26. The Labute approximate surface area is 120 Å². The molecule has 8 heteroatoms. The number of ether oxygens (including phenoxy) is 1. The number of hydrogen-bond donors (Lipinski definition) is 2. The van der Waals surface area contributed by atoms with Gasteiger partial charge in [-0.3, -0.25) is 14.9 Å². The van der Waals surface area contributed by atoms with Gasteiger partial charge in [-0.1, -0.05) is 0 Å². The maximum atomic E-state index is 12.3. The molecule has 0 aromatic heterocycles. The monoisotopic (exact) mass is 290 g/mol. The van der Waals surface area contributed by atoms with Gasteiger partial charge in [0.2, 0.25) is 5.91 Å². The van der Waals surface area contributed by atoms with E-state index in [0.717, 1.165) is 6.07 Å². The number of carbonyl (C=O) groups excluding carboxylic acids is 1. The minimum Gasteiger partial charge on any atom is -0.379 e. The fourth-order valence-corrected chi connectivity index (χ4v) is 2.04. The minimum absolute atomic E-state index is 0.0219. The van der Waals surface area contributed by atoms with E-state index in [1.165, 1.54) is 12.1 Å². The molecule has 0 aliphatic carbocycles. The number of rotatable bonds is 3. The maximum absolute atomic E-state index is 12.3. The van der Waals surface area contributed by atoms with Gasteiger partial charge in [0.25, 0.3) is 5.69 Å². The molecule has 110 valence electrons. The third kappa shape index (κ3) is 2.69. The molecule has 1 fully saturated rings. The molecule has 1 saturated heterocycles. The second kappa shape index (κ2) is 5.47. The Kier molecular flexibility index (Phi) is 3.88. The molecule has 1 aromatic rings. The van der Waals surface area contributed by atoms with Gasteiger partial charge in [0, 0.05) is 18.2 Å². The summed E-state index contributed by atoms with van der Waals surface area (Å²) in [6.45, 7) is 2.15. The van der Waals surface area contributed by atoms with Crippen LogP contribution in [0.3, 0.4) is 0 Å². The van der Waals surface area contributed by atoms with Crippen LogP contribution in [0.4, 0.5) is 11.4 Å². The van der Waals surface area contributed by atoms with Gasteiger partial charge < -0.3 is 15.8 Å². The van der Waals surface area contributed by atoms with E-state index < -0.39 is 16.4 Å². The summed E-state index contributed by atoms with van der Waals surface area (Å²) < 4.78 is 5.20. The van der Waals surface area contributed by atoms with Crippen molar-refractivity contribution in [3.8, 4) is 6.07 Å². The number of benzene rings is 1. The van der Waals surface area contributed by atoms with Crippen LogP contribution in [0.15, 0.2) is 18.2 Å². The summed E-state index contributed by atoms with van der Waals surface area (Å²) in [6, 6.07) is 5.06. The number of nitro groups is 1. The zero-order valence-electron chi connectivity index (χ0n) is 11.3. The van der Waals surface area contributed by atoms with Crippen LogP contribution in [0.5, 0.6) is 0 Å². The predicted molar refractivity (Wildman–Crippen MR) is 73.3 cm³/mol. The number of nitro benzene ring substituents is 1. The highest BCUT2D eigenvalue weighted by molar-refractivity contribution is 5.97. The van der Waals surface area contributed by atoms with E-state index in [4.69, 9.17) is 15.7 Å². The third-order valence-electron chi connectivity index (χ3n) is 3.62. The van der Waals surface area contributed by atoms with E-state index in [-0.39, 0.29) is 36.1 Å². The van der Waals surface area contributed by atoms with E-state index in [9.17, 15) is 14.9 Å². The van der Waals surface area contributed by atoms with Gasteiger partial charge >= 0.3 is 0 Å². The highest BCUT2D eigenvalue weighted by Crippen LogP contribution is 2.30. The van der Waals surface area contributed by atoms with E-state index in [0.29, 0.717) is 0 Å². The van der Waals surface area contributed by atoms with Crippen molar-refractivity contribution in [1.82, 2.24) is 0 Å². The van der Waals surface area contributed by atoms with Gasteiger partial charge in [-0.15, -0.1) is 0 Å². The van der Waals surface area contributed by atoms with Gasteiger partial charge in [0.15, 0.2) is 0 Å². The number of carbonyl (C=O) groups is 1. The van der Waals surface area contributed by atoms with Crippen molar-refractivity contribution < 1.29 is 14.5 Å². The predicted octanol–water partition coefficient (Wildman–Crippen LogP) is 0.769. The van der Waals surface area contributed by atoms with Crippen LogP contribution in [0, 0.1) is 26.9 Å². The number of hydrogen-bond acceptors (Lipinski definition) is 6. The SMILES string of the molecule is CC1(C(=O)Nc2ccc([N+](=O)[O-])cc2C#N)COCC1N. The number of nitrogens with two attached hydrogens (primary N) is 1.